The summed E-state index contributed by atoms with van der Waals surface area (Å²) in [6.07, 6.45) is -3.07. The summed E-state index contributed by atoms with van der Waals surface area (Å²) in [6, 6.07) is 23.7. The van der Waals surface area contributed by atoms with Crippen LogP contribution < -0.4 is 5.32 Å². The van der Waals surface area contributed by atoms with Crippen molar-refractivity contribution in [3.05, 3.63) is 112 Å². The van der Waals surface area contributed by atoms with E-state index in [0.29, 0.717) is 18.8 Å². The highest BCUT2D eigenvalue weighted by atomic mass is 35.5. The lowest BCUT2D eigenvalue weighted by Crippen LogP contribution is -2.10. The molecule has 0 unspecified atom stereocenters. The summed E-state index contributed by atoms with van der Waals surface area (Å²) in [5.41, 5.74) is 3.68. The normalized spacial score (nSPS) is 13.2. The highest BCUT2D eigenvalue weighted by Crippen LogP contribution is 2.38. The van der Waals surface area contributed by atoms with Crippen LogP contribution in [0.4, 0.5) is 19.0 Å². The van der Waals surface area contributed by atoms with Crippen molar-refractivity contribution in [3.63, 3.8) is 0 Å². The molecule has 0 bridgehead atoms. The third-order valence-corrected chi connectivity index (χ3v) is 6.36. The maximum atomic E-state index is 13.4. The lowest BCUT2D eigenvalue weighted by Gasteiger charge is -2.18. The molecule has 0 amide bonds. The molecule has 4 aromatic rings. The molecule has 1 N–H and O–H groups in total. The summed E-state index contributed by atoms with van der Waals surface area (Å²) in [5, 5.41) is 8.28. The molecule has 168 valence electrons. The molecule has 7 heteroatoms. The fourth-order valence-electron chi connectivity index (χ4n) is 4.43. The zero-order valence-corrected chi connectivity index (χ0v) is 18.4. The Labute approximate surface area is 194 Å². The average molecular weight is 468 g/mol. The topological polar surface area (TPSA) is 29.9 Å². The molecule has 33 heavy (non-hydrogen) atoms. The molecule has 0 saturated carbocycles. The van der Waals surface area contributed by atoms with Gasteiger partial charge in [-0.2, -0.15) is 18.3 Å². The van der Waals surface area contributed by atoms with Crippen molar-refractivity contribution in [1.82, 2.24) is 9.78 Å². The number of benzene rings is 3. The van der Waals surface area contributed by atoms with Gasteiger partial charge in [-0.15, -0.1) is 0 Å². The molecule has 0 aliphatic carbocycles. The van der Waals surface area contributed by atoms with Gasteiger partial charge in [-0.25, -0.2) is 4.68 Å². The van der Waals surface area contributed by atoms with Crippen molar-refractivity contribution in [2.24, 2.45) is 0 Å². The van der Waals surface area contributed by atoms with E-state index in [4.69, 9.17) is 16.7 Å². The number of nitrogens with zero attached hydrogens (tertiary/aromatic N) is 2. The molecule has 0 atom stereocenters. The molecule has 3 nitrogen and oxygen atoms in total. The minimum Gasteiger partial charge on any atom is -0.369 e. The van der Waals surface area contributed by atoms with E-state index in [1.165, 1.54) is 10.7 Å². The van der Waals surface area contributed by atoms with Gasteiger partial charge in [0.25, 0.3) is 0 Å². The minimum absolute atomic E-state index is 0.0671. The van der Waals surface area contributed by atoms with Gasteiger partial charge in [-0.1, -0.05) is 72.3 Å². The molecular weight excluding hydrogens is 447 g/mol. The second kappa shape index (κ2) is 8.60. The van der Waals surface area contributed by atoms with E-state index >= 15 is 0 Å². The van der Waals surface area contributed by atoms with Crippen LogP contribution >= 0.6 is 11.6 Å². The van der Waals surface area contributed by atoms with E-state index in [0.717, 1.165) is 40.9 Å². The first-order chi connectivity index (χ1) is 15.9. The Bertz CT molecular complexity index is 1230. The van der Waals surface area contributed by atoms with E-state index in [-0.39, 0.29) is 16.6 Å². The van der Waals surface area contributed by atoms with Crippen molar-refractivity contribution in [2.45, 2.75) is 24.9 Å². The molecule has 0 fully saturated rings. The number of nitrogens with one attached hydrogen (secondary N) is 1. The lowest BCUT2D eigenvalue weighted by molar-refractivity contribution is -0.137. The quantitative estimate of drug-likeness (QED) is 0.346. The van der Waals surface area contributed by atoms with E-state index < -0.39 is 11.7 Å². The largest absolute Gasteiger partial charge is 0.416 e. The number of hydrogen-bond donors (Lipinski definition) is 1. The van der Waals surface area contributed by atoms with E-state index in [1.807, 2.05) is 36.4 Å². The lowest BCUT2D eigenvalue weighted by atomic mass is 9.86. The van der Waals surface area contributed by atoms with Gasteiger partial charge in [0.15, 0.2) is 0 Å². The summed E-state index contributed by atoms with van der Waals surface area (Å²) in [5.74, 6) is 0.781. The summed E-state index contributed by atoms with van der Waals surface area (Å²) >= 11 is 6.33. The van der Waals surface area contributed by atoms with E-state index in [9.17, 15) is 13.2 Å². The predicted molar refractivity (Wildman–Crippen MR) is 124 cm³/mol. The number of alkyl halides is 3. The number of rotatable bonds is 5. The molecule has 0 spiro atoms. The highest BCUT2D eigenvalue weighted by Gasteiger charge is 2.32. The Kier molecular flexibility index (Phi) is 5.62. The van der Waals surface area contributed by atoms with Crippen LogP contribution in [0.15, 0.2) is 78.9 Å². The van der Waals surface area contributed by atoms with Crippen molar-refractivity contribution in [2.75, 3.05) is 11.9 Å². The molecule has 0 radical (unpaired) electrons. The Hall–Kier alpha value is -3.25. The molecule has 5 rings (SSSR count). The maximum absolute atomic E-state index is 13.4. The van der Waals surface area contributed by atoms with Crippen LogP contribution in [0.5, 0.6) is 0 Å². The van der Waals surface area contributed by atoms with Gasteiger partial charge in [0, 0.05) is 24.4 Å². The number of hydrogen-bond acceptors (Lipinski definition) is 2. The number of aromatic nitrogens is 2. The van der Waals surface area contributed by atoms with Gasteiger partial charge >= 0.3 is 6.18 Å². The Morgan fingerprint density at radius 2 is 1.58 bits per heavy atom. The van der Waals surface area contributed by atoms with Crippen LogP contribution in [0.1, 0.15) is 33.9 Å². The SMILES string of the molecule is FC(F)(F)c1ccc(Cl)c(-n2nc(CC(c3ccccc3)c3ccccc3)c3c2NCC3)c1. The number of halogens is 4. The van der Waals surface area contributed by atoms with Gasteiger partial charge in [0.1, 0.15) is 5.82 Å². The van der Waals surface area contributed by atoms with Crippen LogP contribution in [0, 0.1) is 0 Å². The Morgan fingerprint density at radius 3 is 2.18 bits per heavy atom. The minimum atomic E-state index is -4.46. The molecule has 1 aromatic heterocycles. The smallest absolute Gasteiger partial charge is 0.369 e. The van der Waals surface area contributed by atoms with E-state index in [2.05, 4.69) is 29.6 Å². The first-order valence-corrected chi connectivity index (χ1v) is 11.1. The third kappa shape index (κ3) is 4.23. The van der Waals surface area contributed by atoms with Crippen molar-refractivity contribution in [3.8, 4) is 5.69 Å². The Morgan fingerprint density at radius 1 is 0.939 bits per heavy atom. The van der Waals surface area contributed by atoms with Gasteiger partial charge in [-0.05, 0) is 35.7 Å². The zero-order valence-electron chi connectivity index (χ0n) is 17.6. The summed E-state index contributed by atoms with van der Waals surface area (Å²) in [6.45, 7) is 0.706. The fourth-order valence-corrected chi connectivity index (χ4v) is 4.63. The van der Waals surface area contributed by atoms with Crippen molar-refractivity contribution in [1.29, 1.82) is 0 Å². The first-order valence-electron chi connectivity index (χ1n) is 10.7. The highest BCUT2D eigenvalue weighted by molar-refractivity contribution is 6.32. The van der Waals surface area contributed by atoms with E-state index in [1.54, 1.807) is 0 Å². The maximum Gasteiger partial charge on any atom is 0.416 e. The first kappa shape index (κ1) is 21.6. The summed E-state index contributed by atoms with van der Waals surface area (Å²) < 4.78 is 41.6. The second-order valence-electron chi connectivity index (χ2n) is 8.10. The second-order valence-corrected chi connectivity index (χ2v) is 8.51. The average Bonchev–Trinajstić information content (AvgIpc) is 3.42. The molecule has 3 aromatic carbocycles. The summed E-state index contributed by atoms with van der Waals surface area (Å²) in [7, 11) is 0. The van der Waals surface area contributed by atoms with Crippen molar-refractivity contribution < 1.29 is 13.2 Å². The van der Waals surface area contributed by atoms with Gasteiger partial charge in [-0.3, -0.25) is 0 Å². The molecule has 1 aliphatic heterocycles. The van der Waals surface area contributed by atoms with Crippen LogP contribution in [0.2, 0.25) is 5.02 Å². The molecular formula is C26H21ClF3N3. The molecule has 1 aliphatic rings. The fraction of sp³-hybridized carbons (Fsp3) is 0.192. The number of fused-ring (bicyclic) bond motifs is 1. The van der Waals surface area contributed by atoms with Gasteiger partial charge in [0.05, 0.1) is 22.0 Å². The monoisotopic (exact) mass is 467 g/mol. The van der Waals surface area contributed by atoms with Crippen LogP contribution in [0.3, 0.4) is 0 Å². The zero-order chi connectivity index (χ0) is 23.0. The Balaban J connectivity index is 1.59. The van der Waals surface area contributed by atoms with Crippen LogP contribution in [-0.4, -0.2) is 16.3 Å². The summed E-state index contributed by atoms with van der Waals surface area (Å²) in [4.78, 5) is 0. The van der Waals surface area contributed by atoms with Gasteiger partial charge in [0.2, 0.25) is 0 Å². The van der Waals surface area contributed by atoms with Crippen LogP contribution in [0.25, 0.3) is 5.69 Å². The van der Waals surface area contributed by atoms with Crippen LogP contribution in [-0.2, 0) is 19.0 Å². The number of anilines is 1. The molecule has 0 saturated heterocycles. The van der Waals surface area contributed by atoms with Crippen molar-refractivity contribution >= 4 is 17.4 Å². The molecule has 2 heterocycles. The third-order valence-electron chi connectivity index (χ3n) is 6.04. The van der Waals surface area contributed by atoms with Gasteiger partial charge < -0.3 is 5.32 Å². The predicted octanol–water partition coefficient (Wildman–Crippen LogP) is 6.89. The standard InChI is InChI=1S/C26H21ClF3N3/c27-22-12-11-19(26(28,29)30)15-24(22)33-25-20(13-14-31-25)23(32-33)16-21(17-7-3-1-4-8-17)18-9-5-2-6-10-18/h1-12,15,21,31H,13-14,16H2.